The van der Waals surface area contributed by atoms with E-state index in [0.717, 1.165) is 11.3 Å². The molecule has 0 fully saturated rings. The van der Waals surface area contributed by atoms with Crippen molar-refractivity contribution in [3.63, 3.8) is 0 Å². The van der Waals surface area contributed by atoms with Crippen LogP contribution < -0.4 is 14.8 Å². The first-order valence-electron chi connectivity index (χ1n) is 7.70. The molecule has 0 aliphatic carbocycles. The van der Waals surface area contributed by atoms with E-state index in [9.17, 15) is 9.18 Å². The van der Waals surface area contributed by atoms with Crippen molar-refractivity contribution in [2.75, 3.05) is 13.2 Å². The van der Waals surface area contributed by atoms with Crippen LogP contribution in [-0.4, -0.2) is 17.8 Å². The van der Waals surface area contributed by atoms with Gasteiger partial charge in [0.15, 0.2) is 5.57 Å². The Morgan fingerprint density at radius 2 is 2.16 bits per heavy atom. The predicted octanol–water partition coefficient (Wildman–Crippen LogP) is 1.50. The van der Waals surface area contributed by atoms with Crippen molar-refractivity contribution < 1.29 is 9.13 Å². The molecule has 25 heavy (non-hydrogen) atoms. The summed E-state index contributed by atoms with van der Waals surface area (Å²) in [6.07, 6.45) is 2.14. The van der Waals surface area contributed by atoms with Gasteiger partial charge in [0.1, 0.15) is 22.6 Å². The Kier molecular flexibility index (Phi) is 6.64. The topological polar surface area (TPSA) is 78.8 Å². The minimum absolute atomic E-state index is 0.114. The second-order valence-corrected chi connectivity index (χ2v) is 6.11. The molecule has 0 saturated heterocycles. The quantitative estimate of drug-likeness (QED) is 0.734. The molecule has 128 valence electrons. The van der Waals surface area contributed by atoms with Crippen LogP contribution in [0.5, 0.6) is 0 Å². The van der Waals surface area contributed by atoms with Gasteiger partial charge in [-0.25, -0.2) is 4.39 Å². The summed E-state index contributed by atoms with van der Waals surface area (Å²) in [6.45, 7) is 3.29. The van der Waals surface area contributed by atoms with E-state index in [0.29, 0.717) is 40.9 Å². The third-order valence-corrected chi connectivity index (χ3v) is 4.50. The molecule has 5 nitrogen and oxygen atoms in total. The fraction of sp³-hybridized carbons (Fsp3) is 0.278. The Morgan fingerprint density at radius 1 is 1.40 bits per heavy atom. The number of nitriles is 2. The smallest absolute Gasteiger partial charge is 0.269 e. The van der Waals surface area contributed by atoms with Crippen LogP contribution in [0.3, 0.4) is 0 Å². The average molecular weight is 357 g/mol. The predicted molar refractivity (Wildman–Crippen MR) is 93.5 cm³/mol. The van der Waals surface area contributed by atoms with Crippen LogP contribution in [0.4, 0.5) is 4.39 Å². The third-order valence-electron chi connectivity index (χ3n) is 3.37. The zero-order valence-corrected chi connectivity index (χ0v) is 14.5. The molecule has 0 N–H and O–H groups in total. The lowest BCUT2D eigenvalue weighted by Crippen LogP contribution is -2.32. The Labute approximate surface area is 148 Å². The number of rotatable bonds is 6. The summed E-state index contributed by atoms with van der Waals surface area (Å²) in [5, 5.41) is 18.3. The van der Waals surface area contributed by atoms with Gasteiger partial charge in [-0.3, -0.25) is 9.36 Å². The fourth-order valence-electron chi connectivity index (χ4n) is 2.25. The van der Waals surface area contributed by atoms with Crippen LogP contribution in [0, 0.1) is 28.5 Å². The molecule has 0 radical (unpaired) electrons. The Balaban J connectivity index is 2.58. The summed E-state index contributed by atoms with van der Waals surface area (Å²) in [7, 11) is 0. The molecule has 1 aromatic heterocycles. The molecule has 0 bridgehead atoms. The number of aromatic nitrogens is 1. The number of ether oxygens (including phenoxy) is 1. The molecule has 2 aromatic rings. The molecule has 0 aliphatic rings. The Hall–Kier alpha value is -2.74. The van der Waals surface area contributed by atoms with Crippen LogP contribution in [-0.2, 0) is 11.3 Å². The zero-order chi connectivity index (χ0) is 18.2. The van der Waals surface area contributed by atoms with Gasteiger partial charge in [-0.05, 0) is 37.1 Å². The number of benzene rings is 1. The van der Waals surface area contributed by atoms with Gasteiger partial charge in [0.25, 0.3) is 5.56 Å². The summed E-state index contributed by atoms with van der Waals surface area (Å²) < 4.78 is 20.7. The summed E-state index contributed by atoms with van der Waals surface area (Å²) in [6, 6.07) is 9.52. The molecule has 1 aromatic carbocycles. The van der Waals surface area contributed by atoms with Gasteiger partial charge in [0.2, 0.25) is 0 Å². The molecular formula is C18H16FN3O2S. The second-order valence-electron chi connectivity index (χ2n) is 5.08. The van der Waals surface area contributed by atoms with Crippen molar-refractivity contribution in [3.05, 3.63) is 55.2 Å². The van der Waals surface area contributed by atoms with Crippen molar-refractivity contribution in [2.45, 2.75) is 19.9 Å². The highest BCUT2D eigenvalue weighted by Crippen LogP contribution is 2.03. The molecule has 0 unspecified atom stereocenters. The molecule has 0 atom stereocenters. The van der Waals surface area contributed by atoms with E-state index in [2.05, 4.69) is 0 Å². The standard InChI is InChI=1S/C18H16FN3O2S/c1-2-24-8-4-7-22-17(23)16(25-18(22)14(11-20)12-21)10-13-5-3-6-15(19)9-13/h3,5-6,9-10H,2,4,7-8H2,1H3. The van der Waals surface area contributed by atoms with Crippen LogP contribution in [0.2, 0.25) is 0 Å². The summed E-state index contributed by atoms with van der Waals surface area (Å²) >= 11 is 1.06. The minimum Gasteiger partial charge on any atom is -0.382 e. The number of thiazole rings is 1. The average Bonchev–Trinajstić information content (AvgIpc) is 2.89. The van der Waals surface area contributed by atoms with Crippen LogP contribution in [0.25, 0.3) is 11.6 Å². The highest BCUT2D eigenvalue weighted by Gasteiger charge is 2.09. The van der Waals surface area contributed by atoms with Gasteiger partial charge >= 0.3 is 0 Å². The number of nitrogens with zero attached hydrogens (tertiary/aromatic N) is 3. The van der Waals surface area contributed by atoms with Crippen molar-refractivity contribution in [1.29, 1.82) is 10.5 Å². The van der Waals surface area contributed by atoms with E-state index < -0.39 is 5.82 Å². The molecule has 0 saturated carbocycles. The van der Waals surface area contributed by atoms with Crippen molar-refractivity contribution >= 4 is 23.0 Å². The maximum absolute atomic E-state index is 13.3. The van der Waals surface area contributed by atoms with Crippen LogP contribution >= 0.6 is 11.3 Å². The van der Waals surface area contributed by atoms with Gasteiger partial charge in [-0.1, -0.05) is 12.1 Å². The first kappa shape index (κ1) is 18.6. The summed E-state index contributed by atoms with van der Waals surface area (Å²) in [4.78, 5) is 12.7. The molecule has 0 spiro atoms. The largest absolute Gasteiger partial charge is 0.382 e. The van der Waals surface area contributed by atoms with E-state index in [-0.39, 0.29) is 11.1 Å². The van der Waals surface area contributed by atoms with E-state index >= 15 is 0 Å². The Morgan fingerprint density at radius 3 is 2.80 bits per heavy atom. The van der Waals surface area contributed by atoms with Gasteiger partial charge in [0.05, 0.1) is 4.53 Å². The molecule has 1 heterocycles. The Bertz CT molecular complexity index is 993. The van der Waals surface area contributed by atoms with E-state index in [1.54, 1.807) is 18.2 Å². The van der Waals surface area contributed by atoms with Crippen molar-refractivity contribution in [1.82, 2.24) is 4.57 Å². The van der Waals surface area contributed by atoms with Crippen molar-refractivity contribution in [3.8, 4) is 12.1 Å². The second kappa shape index (κ2) is 8.93. The highest BCUT2D eigenvalue weighted by molar-refractivity contribution is 7.07. The van der Waals surface area contributed by atoms with E-state index in [1.165, 1.54) is 16.7 Å². The lowest BCUT2D eigenvalue weighted by molar-refractivity contribution is 0.141. The van der Waals surface area contributed by atoms with E-state index in [1.807, 2.05) is 19.1 Å². The van der Waals surface area contributed by atoms with Gasteiger partial charge in [-0.15, -0.1) is 11.3 Å². The molecule has 0 aliphatic heterocycles. The fourth-order valence-corrected chi connectivity index (χ4v) is 3.32. The van der Waals surface area contributed by atoms with Gasteiger partial charge < -0.3 is 4.74 Å². The molecule has 7 heteroatoms. The normalized spacial score (nSPS) is 11.1. The van der Waals surface area contributed by atoms with Crippen LogP contribution in [0.15, 0.2) is 29.1 Å². The SMILES string of the molecule is CCOCCCn1c(=C(C#N)C#N)sc(=Cc2cccc(F)c2)c1=O. The van der Waals surface area contributed by atoms with Gasteiger partial charge in [0, 0.05) is 19.8 Å². The van der Waals surface area contributed by atoms with Gasteiger partial charge in [-0.2, -0.15) is 10.5 Å². The summed E-state index contributed by atoms with van der Waals surface area (Å²) in [5.74, 6) is -0.399. The minimum atomic E-state index is -0.399. The molecule has 2 rings (SSSR count). The number of halogens is 1. The molecular weight excluding hydrogens is 341 g/mol. The number of hydrogen-bond donors (Lipinski definition) is 0. The maximum atomic E-state index is 13.3. The zero-order valence-electron chi connectivity index (χ0n) is 13.7. The summed E-state index contributed by atoms with van der Waals surface area (Å²) in [5.41, 5.74) is 0.128. The number of hydrogen-bond acceptors (Lipinski definition) is 5. The lowest BCUT2D eigenvalue weighted by atomic mass is 10.2. The molecule has 0 amide bonds. The lowest BCUT2D eigenvalue weighted by Gasteiger charge is -2.02. The van der Waals surface area contributed by atoms with Crippen LogP contribution in [0.1, 0.15) is 18.9 Å². The monoisotopic (exact) mass is 357 g/mol. The van der Waals surface area contributed by atoms with E-state index in [4.69, 9.17) is 15.3 Å². The maximum Gasteiger partial charge on any atom is 0.269 e. The first-order valence-corrected chi connectivity index (χ1v) is 8.51. The highest BCUT2D eigenvalue weighted by atomic mass is 32.1. The first-order chi connectivity index (χ1) is 12.1. The third kappa shape index (κ3) is 4.63. The van der Waals surface area contributed by atoms with Crippen molar-refractivity contribution in [2.24, 2.45) is 0 Å².